The van der Waals surface area contributed by atoms with E-state index in [-0.39, 0.29) is 17.7 Å². The molecule has 0 unspecified atom stereocenters. The number of hydrogen-bond donors (Lipinski definition) is 0. The van der Waals surface area contributed by atoms with Crippen LogP contribution in [0.5, 0.6) is 5.75 Å². The summed E-state index contributed by atoms with van der Waals surface area (Å²) in [5.41, 5.74) is 1.63. The third-order valence-corrected chi connectivity index (χ3v) is 6.33. The molecule has 2 amide bonds. The number of carbonyl (C=O) groups excluding carboxylic acids is 2. The molecule has 0 spiro atoms. The molecule has 0 radical (unpaired) electrons. The van der Waals surface area contributed by atoms with E-state index in [2.05, 4.69) is 54.5 Å². The summed E-state index contributed by atoms with van der Waals surface area (Å²) in [6, 6.07) is 11.4. The van der Waals surface area contributed by atoms with Crippen molar-refractivity contribution in [3.63, 3.8) is 0 Å². The summed E-state index contributed by atoms with van der Waals surface area (Å²) in [6.07, 6.45) is 1.69. The van der Waals surface area contributed by atoms with Gasteiger partial charge in [-0.15, -0.1) is 0 Å². The van der Waals surface area contributed by atoms with Crippen LogP contribution in [-0.4, -0.2) is 23.2 Å². The fourth-order valence-corrected chi connectivity index (χ4v) is 5.06. The van der Waals surface area contributed by atoms with Crippen LogP contribution in [0.4, 0.5) is 4.79 Å². The number of ether oxygens (including phenoxy) is 1. The van der Waals surface area contributed by atoms with E-state index >= 15 is 0 Å². The van der Waals surface area contributed by atoms with Crippen molar-refractivity contribution in [1.29, 1.82) is 0 Å². The lowest BCUT2D eigenvalue weighted by atomic mass is 10.1. The van der Waals surface area contributed by atoms with Gasteiger partial charge in [-0.05, 0) is 86.2 Å². The first-order valence-corrected chi connectivity index (χ1v) is 10.9. The van der Waals surface area contributed by atoms with Gasteiger partial charge in [-0.3, -0.25) is 14.5 Å². The molecule has 1 heterocycles. The summed E-state index contributed by atoms with van der Waals surface area (Å²) in [7, 11) is 1.56. The second-order valence-electron chi connectivity index (χ2n) is 5.40. The van der Waals surface area contributed by atoms with Crippen LogP contribution in [0.15, 0.2) is 50.2 Å². The number of nitrogens with zero attached hydrogens (tertiary/aromatic N) is 1. The van der Waals surface area contributed by atoms with E-state index < -0.39 is 0 Å². The topological polar surface area (TPSA) is 46.6 Å². The van der Waals surface area contributed by atoms with Crippen LogP contribution in [0.3, 0.4) is 0 Å². The zero-order chi connectivity index (χ0) is 18.8. The minimum atomic E-state index is -0.295. The zero-order valence-corrected chi connectivity index (χ0v) is 19.6. The molecule has 0 N–H and O–H groups in total. The molecule has 0 atom stereocenters. The predicted octanol–water partition coefficient (Wildman–Crippen LogP) is 6.06. The molecular formula is C18H12Br2INO3S. The molecule has 0 saturated carbocycles. The summed E-state index contributed by atoms with van der Waals surface area (Å²) >= 11 is 10.0. The summed E-state index contributed by atoms with van der Waals surface area (Å²) in [4.78, 5) is 26.7. The van der Waals surface area contributed by atoms with Crippen LogP contribution < -0.4 is 4.74 Å². The first-order valence-electron chi connectivity index (χ1n) is 7.42. The third-order valence-electron chi connectivity index (χ3n) is 3.66. The van der Waals surface area contributed by atoms with Crippen molar-refractivity contribution in [2.45, 2.75) is 6.54 Å². The van der Waals surface area contributed by atoms with Crippen LogP contribution in [0.25, 0.3) is 6.08 Å². The molecule has 0 aliphatic carbocycles. The summed E-state index contributed by atoms with van der Waals surface area (Å²) in [6.45, 7) is 0.262. The number of hydrogen-bond acceptors (Lipinski definition) is 4. The molecule has 0 aromatic heterocycles. The lowest BCUT2D eigenvalue weighted by Crippen LogP contribution is -2.27. The lowest BCUT2D eigenvalue weighted by Gasteiger charge is -2.12. The summed E-state index contributed by atoms with van der Waals surface area (Å²) in [5.74, 6) is 0.314. The first kappa shape index (κ1) is 19.9. The lowest BCUT2D eigenvalue weighted by molar-refractivity contribution is -0.123. The molecule has 4 nitrogen and oxygen atoms in total. The van der Waals surface area contributed by atoms with Gasteiger partial charge in [0.1, 0.15) is 5.75 Å². The Hall–Kier alpha value is -0.840. The molecule has 3 rings (SSSR count). The Kier molecular flexibility index (Phi) is 6.47. The van der Waals surface area contributed by atoms with Crippen LogP contribution in [0.1, 0.15) is 11.1 Å². The Balaban J connectivity index is 1.89. The number of halogens is 3. The standard InChI is InChI=1S/C18H12Br2INO3S/c1-25-16-11(6-12(19)8-14(16)20)7-15-17(23)22(18(24)26-15)9-10-2-4-13(21)5-3-10/h2-8H,9H2,1H3/b15-7+. The van der Waals surface area contributed by atoms with Gasteiger partial charge >= 0.3 is 0 Å². The average Bonchev–Trinajstić information content (AvgIpc) is 2.84. The second-order valence-corrected chi connectivity index (χ2v) is 9.41. The minimum absolute atomic E-state index is 0.262. The van der Waals surface area contributed by atoms with Crippen molar-refractivity contribution in [2.24, 2.45) is 0 Å². The number of rotatable bonds is 4. The van der Waals surface area contributed by atoms with Gasteiger partial charge in [0.05, 0.1) is 23.0 Å². The Bertz CT molecular complexity index is 915. The van der Waals surface area contributed by atoms with Gasteiger partial charge in [-0.25, -0.2) is 0 Å². The summed E-state index contributed by atoms with van der Waals surface area (Å²) in [5, 5.41) is -0.271. The number of imide groups is 1. The highest BCUT2D eigenvalue weighted by Gasteiger charge is 2.35. The van der Waals surface area contributed by atoms with Crippen molar-refractivity contribution in [3.05, 3.63) is 64.9 Å². The Morgan fingerprint density at radius 1 is 1.19 bits per heavy atom. The number of methoxy groups -OCH3 is 1. The molecule has 8 heteroatoms. The van der Waals surface area contributed by atoms with Crippen LogP contribution >= 0.6 is 66.2 Å². The van der Waals surface area contributed by atoms with Gasteiger partial charge in [-0.1, -0.05) is 28.1 Å². The Morgan fingerprint density at radius 3 is 2.54 bits per heavy atom. The van der Waals surface area contributed by atoms with Gasteiger partial charge in [0.15, 0.2) is 0 Å². The SMILES string of the molecule is COc1c(Br)cc(Br)cc1/C=C1/SC(=O)N(Cc2ccc(I)cc2)C1=O. The van der Waals surface area contributed by atoms with E-state index in [1.165, 1.54) is 4.90 Å². The molecule has 1 saturated heterocycles. The molecular weight excluding hydrogens is 597 g/mol. The maximum atomic E-state index is 12.7. The monoisotopic (exact) mass is 607 g/mol. The maximum Gasteiger partial charge on any atom is 0.293 e. The van der Waals surface area contributed by atoms with Gasteiger partial charge in [0.25, 0.3) is 11.1 Å². The van der Waals surface area contributed by atoms with Gasteiger partial charge < -0.3 is 4.74 Å². The van der Waals surface area contributed by atoms with E-state index in [1.807, 2.05) is 36.4 Å². The van der Waals surface area contributed by atoms with E-state index in [9.17, 15) is 9.59 Å². The number of carbonyl (C=O) groups is 2. The highest BCUT2D eigenvalue weighted by Crippen LogP contribution is 2.38. The van der Waals surface area contributed by atoms with E-state index in [1.54, 1.807) is 13.2 Å². The van der Waals surface area contributed by atoms with Gasteiger partial charge in [-0.2, -0.15) is 0 Å². The van der Waals surface area contributed by atoms with Crippen molar-refractivity contribution in [3.8, 4) is 5.75 Å². The van der Waals surface area contributed by atoms with E-state index in [0.717, 1.165) is 29.8 Å². The normalized spacial score (nSPS) is 15.8. The van der Waals surface area contributed by atoms with Crippen molar-refractivity contribution in [2.75, 3.05) is 7.11 Å². The van der Waals surface area contributed by atoms with Crippen molar-refractivity contribution in [1.82, 2.24) is 4.90 Å². The molecule has 2 aromatic rings. The molecule has 26 heavy (non-hydrogen) atoms. The fraction of sp³-hybridized carbons (Fsp3) is 0.111. The van der Waals surface area contributed by atoms with E-state index in [4.69, 9.17) is 4.74 Å². The quantitative estimate of drug-likeness (QED) is 0.313. The predicted molar refractivity (Wildman–Crippen MR) is 119 cm³/mol. The van der Waals surface area contributed by atoms with Crippen LogP contribution in [0.2, 0.25) is 0 Å². The smallest absolute Gasteiger partial charge is 0.293 e. The minimum Gasteiger partial charge on any atom is -0.495 e. The van der Waals surface area contributed by atoms with Gasteiger partial charge in [0.2, 0.25) is 0 Å². The molecule has 134 valence electrons. The zero-order valence-electron chi connectivity index (χ0n) is 13.5. The van der Waals surface area contributed by atoms with Gasteiger partial charge in [0, 0.05) is 13.6 Å². The van der Waals surface area contributed by atoms with E-state index in [0.29, 0.717) is 16.2 Å². The number of amides is 2. The molecule has 1 aliphatic rings. The summed E-state index contributed by atoms with van der Waals surface area (Å²) < 4.78 is 8.11. The van der Waals surface area contributed by atoms with Crippen molar-refractivity contribution >= 4 is 83.4 Å². The number of thioether (sulfide) groups is 1. The molecule has 1 aliphatic heterocycles. The largest absolute Gasteiger partial charge is 0.495 e. The molecule has 1 fully saturated rings. The first-order chi connectivity index (χ1) is 12.4. The third kappa shape index (κ3) is 4.35. The highest BCUT2D eigenvalue weighted by molar-refractivity contribution is 14.1. The molecule has 2 aromatic carbocycles. The van der Waals surface area contributed by atoms with Crippen LogP contribution in [-0.2, 0) is 11.3 Å². The Morgan fingerprint density at radius 2 is 1.88 bits per heavy atom. The second kappa shape index (κ2) is 8.45. The average molecular weight is 609 g/mol. The number of benzene rings is 2. The molecule has 0 bridgehead atoms. The van der Waals surface area contributed by atoms with Crippen LogP contribution in [0, 0.1) is 3.57 Å². The highest BCUT2D eigenvalue weighted by atomic mass is 127. The van der Waals surface area contributed by atoms with Crippen molar-refractivity contribution < 1.29 is 14.3 Å². The maximum absolute atomic E-state index is 12.7. The fourth-order valence-electron chi connectivity index (χ4n) is 2.45. The Labute approximate surface area is 185 Å².